The fourth-order valence-corrected chi connectivity index (χ4v) is 1.08. The molecular weight excluding hydrogens is 180 g/mol. The van der Waals surface area contributed by atoms with Gasteiger partial charge in [-0.3, -0.25) is 0 Å². The van der Waals surface area contributed by atoms with E-state index in [1.807, 2.05) is 0 Å². The molecule has 13 heavy (non-hydrogen) atoms. The van der Waals surface area contributed by atoms with Crippen molar-refractivity contribution < 1.29 is 29.3 Å². The Labute approximate surface area is 74.1 Å². The van der Waals surface area contributed by atoms with Gasteiger partial charge in [0.1, 0.15) is 0 Å². The molecule has 0 saturated carbocycles. The summed E-state index contributed by atoms with van der Waals surface area (Å²) < 4.78 is 9.74. The van der Waals surface area contributed by atoms with E-state index in [9.17, 15) is 9.59 Å². The number of aliphatic carboxylic acids is 2. The van der Waals surface area contributed by atoms with E-state index in [0.29, 0.717) is 0 Å². The average molecular weight is 190 g/mol. The van der Waals surface area contributed by atoms with Crippen molar-refractivity contribution in [3.63, 3.8) is 0 Å². The Morgan fingerprint density at radius 2 is 1.77 bits per heavy atom. The molecular formula is C7H10O6. The third kappa shape index (κ3) is 2.16. The third-order valence-corrected chi connectivity index (χ3v) is 1.65. The molecule has 1 fully saturated rings. The Bertz CT molecular complexity index is 225. The first kappa shape index (κ1) is 9.94. The van der Waals surface area contributed by atoms with Gasteiger partial charge in [-0.25, -0.2) is 9.59 Å². The molecule has 1 rings (SSSR count). The normalized spacial score (nSPS) is 34.1. The Kier molecular flexibility index (Phi) is 2.84. The summed E-state index contributed by atoms with van der Waals surface area (Å²) in [6.07, 6.45) is -3.22. The van der Waals surface area contributed by atoms with E-state index in [1.54, 1.807) is 6.92 Å². The van der Waals surface area contributed by atoms with Crippen LogP contribution in [-0.2, 0) is 19.1 Å². The lowest BCUT2D eigenvalue weighted by Gasteiger charge is -2.30. The van der Waals surface area contributed by atoms with Gasteiger partial charge in [-0.1, -0.05) is 0 Å². The summed E-state index contributed by atoms with van der Waals surface area (Å²) in [5, 5.41) is 17.2. The molecule has 1 saturated heterocycles. The summed E-state index contributed by atoms with van der Waals surface area (Å²) in [6, 6.07) is 0. The molecule has 0 aromatic rings. The highest BCUT2D eigenvalue weighted by Crippen LogP contribution is 2.15. The van der Waals surface area contributed by atoms with Crippen LogP contribution in [-0.4, -0.2) is 47.1 Å². The molecule has 1 aliphatic rings. The minimum atomic E-state index is -1.42. The molecule has 0 aromatic carbocycles. The van der Waals surface area contributed by atoms with Crippen molar-refractivity contribution in [2.75, 3.05) is 6.61 Å². The van der Waals surface area contributed by atoms with Gasteiger partial charge in [-0.15, -0.1) is 0 Å². The van der Waals surface area contributed by atoms with Gasteiger partial charge in [-0.05, 0) is 6.92 Å². The van der Waals surface area contributed by atoms with Gasteiger partial charge in [0.05, 0.1) is 12.7 Å². The van der Waals surface area contributed by atoms with Crippen molar-refractivity contribution in [1.82, 2.24) is 0 Å². The van der Waals surface area contributed by atoms with Crippen molar-refractivity contribution in [1.29, 1.82) is 0 Å². The van der Waals surface area contributed by atoms with E-state index in [2.05, 4.69) is 0 Å². The second-order valence-corrected chi connectivity index (χ2v) is 2.80. The maximum Gasteiger partial charge on any atom is 0.336 e. The minimum Gasteiger partial charge on any atom is -0.479 e. The molecule has 0 unspecified atom stereocenters. The number of hydrogen-bond acceptors (Lipinski definition) is 4. The molecule has 1 heterocycles. The molecule has 2 N–H and O–H groups in total. The number of carboxylic acids is 2. The van der Waals surface area contributed by atoms with Crippen molar-refractivity contribution in [2.45, 2.75) is 25.2 Å². The van der Waals surface area contributed by atoms with E-state index in [4.69, 9.17) is 19.7 Å². The van der Waals surface area contributed by atoms with Crippen LogP contribution >= 0.6 is 0 Å². The van der Waals surface area contributed by atoms with Gasteiger partial charge < -0.3 is 19.7 Å². The zero-order chi connectivity index (χ0) is 10.0. The van der Waals surface area contributed by atoms with Crippen LogP contribution in [0.25, 0.3) is 0 Å². The highest BCUT2D eigenvalue weighted by molar-refractivity contribution is 5.83. The molecule has 6 heteroatoms. The lowest BCUT2D eigenvalue weighted by atomic mass is 10.1. The van der Waals surface area contributed by atoms with Gasteiger partial charge in [0.2, 0.25) is 0 Å². The first-order valence-electron chi connectivity index (χ1n) is 3.75. The molecule has 74 valence electrons. The van der Waals surface area contributed by atoms with Gasteiger partial charge in [0.25, 0.3) is 0 Å². The predicted molar refractivity (Wildman–Crippen MR) is 39.3 cm³/mol. The largest absolute Gasteiger partial charge is 0.479 e. The molecule has 6 nitrogen and oxygen atoms in total. The van der Waals surface area contributed by atoms with Crippen LogP contribution in [0.15, 0.2) is 0 Å². The minimum absolute atomic E-state index is 0.0980. The highest BCUT2D eigenvalue weighted by atomic mass is 16.6. The van der Waals surface area contributed by atoms with Gasteiger partial charge in [0.15, 0.2) is 12.2 Å². The van der Waals surface area contributed by atoms with Gasteiger partial charge in [-0.2, -0.15) is 0 Å². The smallest absolute Gasteiger partial charge is 0.336 e. The first-order valence-corrected chi connectivity index (χ1v) is 3.75. The lowest BCUT2D eigenvalue weighted by Crippen LogP contribution is -2.50. The summed E-state index contributed by atoms with van der Waals surface area (Å²) in [5.41, 5.74) is 0. The Morgan fingerprint density at radius 3 is 2.23 bits per heavy atom. The van der Waals surface area contributed by atoms with E-state index >= 15 is 0 Å². The Morgan fingerprint density at radius 1 is 1.23 bits per heavy atom. The Balaban J connectivity index is 2.72. The molecule has 0 amide bonds. The van der Waals surface area contributed by atoms with E-state index < -0.39 is 30.3 Å². The van der Waals surface area contributed by atoms with Gasteiger partial charge in [0, 0.05) is 0 Å². The fraction of sp³-hybridized carbons (Fsp3) is 0.714. The van der Waals surface area contributed by atoms with E-state index in [0.717, 1.165) is 0 Å². The van der Waals surface area contributed by atoms with E-state index in [-0.39, 0.29) is 6.61 Å². The highest BCUT2D eigenvalue weighted by Gasteiger charge is 2.40. The molecule has 0 radical (unpaired) electrons. The number of carboxylic acid groups (broad SMARTS) is 2. The van der Waals surface area contributed by atoms with Crippen LogP contribution in [0.2, 0.25) is 0 Å². The summed E-state index contributed by atoms with van der Waals surface area (Å²) in [6.45, 7) is 1.72. The van der Waals surface area contributed by atoms with Crippen LogP contribution in [0.3, 0.4) is 0 Å². The predicted octanol–water partition coefficient (Wildman–Crippen LogP) is -0.672. The number of ether oxygens (including phenoxy) is 2. The molecule has 3 atom stereocenters. The lowest BCUT2D eigenvalue weighted by molar-refractivity contribution is -0.206. The standard InChI is InChI=1S/C7H10O6/c1-3-2-12-4(6(8)9)5(13-3)7(10)11/h3-5H,2H2,1H3,(H,8,9)(H,10,11)/t3-,4+,5+/m0/s1. The van der Waals surface area contributed by atoms with Crippen LogP contribution in [0, 0.1) is 0 Å². The fourth-order valence-electron chi connectivity index (χ4n) is 1.08. The zero-order valence-electron chi connectivity index (χ0n) is 6.97. The molecule has 1 aliphatic heterocycles. The summed E-state index contributed by atoms with van der Waals surface area (Å²) in [7, 11) is 0. The summed E-state index contributed by atoms with van der Waals surface area (Å²) in [4.78, 5) is 21.1. The van der Waals surface area contributed by atoms with Crippen LogP contribution in [0.1, 0.15) is 6.92 Å². The molecule has 0 aliphatic carbocycles. The second-order valence-electron chi connectivity index (χ2n) is 2.80. The van der Waals surface area contributed by atoms with Crippen LogP contribution in [0.5, 0.6) is 0 Å². The molecule has 0 aromatic heterocycles. The molecule has 0 spiro atoms. The van der Waals surface area contributed by atoms with Crippen molar-refractivity contribution >= 4 is 11.9 Å². The van der Waals surface area contributed by atoms with E-state index in [1.165, 1.54) is 0 Å². The first-order chi connectivity index (χ1) is 6.02. The zero-order valence-corrected chi connectivity index (χ0v) is 6.97. The SMILES string of the molecule is C[C@H]1CO[C@@H](C(=O)O)[C@H](C(=O)O)O1. The monoisotopic (exact) mass is 190 g/mol. The topological polar surface area (TPSA) is 93.1 Å². The number of carbonyl (C=O) groups is 2. The number of rotatable bonds is 2. The van der Waals surface area contributed by atoms with Crippen LogP contribution in [0.4, 0.5) is 0 Å². The second kappa shape index (κ2) is 3.71. The quantitative estimate of drug-likeness (QED) is 0.599. The number of hydrogen-bond donors (Lipinski definition) is 2. The summed E-state index contributed by atoms with van der Waals surface area (Å²) >= 11 is 0. The van der Waals surface area contributed by atoms with Crippen molar-refractivity contribution in [3.05, 3.63) is 0 Å². The third-order valence-electron chi connectivity index (χ3n) is 1.65. The van der Waals surface area contributed by atoms with Crippen molar-refractivity contribution in [3.8, 4) is 0 Å². The molecule has 0 bridgehead atoms. The Hall–Kier alpha value is -1.14. The maximum absolute atomic E-state index is 10.5. The average Bonchev–Trinajstić information content (AvgIpc) is 2.03. The van der Waals surface area contributed by atoms with Gasteiger partial charge >= 0.3 is 11.9 Å². The summed E-state index contributed by atoms with van der Waals surface area (Å²) in [5.74, 6) is -2.64. The van der Waals surface area contributed by atoms with Crippen molar-refractivity contribution in [2.24, 2.45) is 0 Å². The maximum atomic E-state index is 10.5. The van der Waals surface area contributed by atoms with Crippen LogP contribution < -0.4 is 0 Å².